The summed E-state index contributed by atoms with van der Waals surface area (Å²) in [6.45, 7) is 4.84. The van der Waals surface area contributed by atoms with Crippen LogP contribution < -0.4 is 10.9 Å². The SMILES string of the molecule is CC(C)n1nc(C(=O)N2CCC(NC(=O)CCc3ccccc3)CC2)c2ccccc2c1=O. The van der Waals surface area contributed by atoms with E-state index >= 15 is 0 Å². The van der Waals surface area contributed by atoms with Crippen LogP contribution in [0.2, 0.25) is 0 Å². The molecular weight excluding hydrogens is 416 g/mol. The average Bonchev–Trinajstić information content (AvgIpc) is 2.84. The number of piperidine rings is 1. The third-order valence-corrected chi connectivity index (χ3v) is 6.15. The van der Waals surface area contributed by atoms with Crippen molar-refractivity contribution < 1.29 is 9.59 Å². The van der Waals surface area contributed by atoms with Crippen molar-refractivity contribution in [3.8, 4) is 0 Å². The molecule has 33 heavy (non-hydrogen) atoms. The number of carbonyl (C=O) groups excluding carboxylic acids is 2. The minimum absolute atomic E-state index is 0.0419. The van der Waals surface area contributed by atoms with E-state index in [9.17, 15) is 14.4 Å². The first-order valence-electron chi connectivity index (χ1n) is 11.6. The molecule has 7 nitrogen and oxygen atoms in total. The number of fused-ring (bicyclic) bond motifs is 1. The van der Waals surface area contributed by atoms with E-state index in [1.54, 1.807) is 23.1 Å². The van der Waals surface area contributed by atoms with Crippen molar-refractivity contribution in [1.29, 1.82) is 0 Å². The number of benzene rings is 2. The maximum Gasteiger partial charge on any atom is 0.274 e. The van der Waals surface area contributed by atoms with Gasteiger partial charge in [-0.2, -0.15) is 5.10 Å². The largest absolute Gasteiger partial charge is 0.353 e. The van der Waals surface area contributed by atoms with Crippen molar-refractivity contribution in [3.63, 3.8) is 0 Å². The van der Waals surface area contributed by atoms with E-state index in [4.69, 9.17) is 0 Å². The molecule has 1 aliphatic heterocycles. The van der Waals surface area contributed by atoms with Gasteiger partial charge in [0.2, 0.25) is 5.91 Å². The zero-order valence-electron chi connectivity index (χ0n) is 19.2. The second-order valence-electron chi connectivity index (χ2n) is 8.86. The van der Waals surface area contributed by atoms with Gasteiger partial charge in [0.25, 0.3) is 11.5 Å². The van der Waals surface area contributed by atoms with E-state index in [1.807, 2.05) is 50.2 Å². The molecule has 0 radical (unpaired) electrons. The lowest BCUT2D eigenvalue weighted by Crippen LogP contribution is -2.47. The van der Waals surface area contributed by atoms with Crippen molar-refractivity contribution >= 4 is 22.6 Å². The summed E-state index contributed by atoms with van der Waals surface area (Å²) in [6.07, 6.45) is 2.57. The molecule has 1 aliphatic rings. The van der Waals surface area contributed by atoms with Crippen molar-refractivity contribution in [2.45, 2.75) is 51.6 Å². The fourth-order valence-electron chi connectivity index (χ4n) is 4.29. The molecule has 172 valence electrons. The molecule has 2 heterocycles. The molecule has 7 heteroatoms. The number of aryl methyl sites for hydroxylation is 1. The molecule has 0 saturated carbocycles. The highest BCUT2D eigenvalue weighted by Gasteiger charge is 2.27. The van der Waals surface area contributed by atoms with E-state index < -0.39 is 0 Å². The van der Waals surface area contributed by atoms with Crippen LogP contribution in [0.1, 0.15) is 55.2 Å². The number of aromatic nitrogens is 2. The van der Waals surface area contributed by atoms with Gasteiger partial charge in [-0.25, -0.2) is 4.68 Å². The average molecular weight is 447 g/mol. The van der Waals surface area contributed by atoms with Crippen LogP contribution in [0.4, 0.5) is 0 Å². The van der Waals surface area contributed by atoms with Gasteiger partial charge in [0.05, 0.1) is 11.4 Å². The van der Waals surface area contributed by atoms with Crippen LogP contribution >= 0.6 is 0 Å². The van der Waals surface area contributed by atoms with Crippen molar-refractivity contribution in [1.82, 2.24) is 20.0 Å². The molecule has 0 spiro atoms. The molecule has 1 fully saturated rings. The standard InChI is InChI=1S/C26H30N4O3/c1-18(2)30-25(32)22-11-7-6-10-21(22)24(28-30)26(33)29-16-14-20(15-17-29)27-23(31)13-12-19-8-4-3-5-9-19/h3-11,18,20H,12-17H2,1-2H3,(H,27,31). The van der Waals surface area contributed by atoms with Crippen molar-refractivity contribution in [2.75, 3.05) is 13.1 Å². The van der Waals surface area contributed by atoms with Crippen LogP contribution in [0.15, 0.2) is 59.4 Å². The van der Waals surface area contributed by atoms with Gasteiger partial charge >= 0.3 is 0 Å². The Kier molecular flexibility index (Phi) is 6.87. The summed E-state index contributed by atoms with van der Waals surface area (Å²) in [7, 11) is 0. The van der Waals surface area contributed by atoms with E-state index in [1.165, 1.54) is 4.68 Å². The number of hydrogen-bond acceptors (Lipinski definition) is 4. The number of amides is 2. The van der Waals surface area contributed by atoms with Crippen LogP contribution in [-0.4, -0.2) is 45.6 Å². The summed E-state index contributed by atoms with van der Waals surface area (Å²) < 4.78 is 1.38. The third kappa shape index (κ3) is 5.13. The molecule has 2 amide bonds. The highest BCUT2D eigenvalue weighted by atomic mass is 16.2. The Morgan fingerprint density at radius 3 is 2.30 bits per heavy atom. The van der Waals surface area contributed by atoms with Crippen LogP contribution in [0.3, 0.4) is 0 Å². The fraction of sp³-hybridized carbons (Fsp3) is 0.385. The molecule has 1 saturated heterocycles. The van der Waals surface area contributed by atoms with Gasteiger partial charge in [0, 0.05) is 30.9 Å². The molecule has 0 aliphatic carbocycles. The highest BCUT2D eigenvalue weighted by Crippen LogP contribution is 2.19. The second-order valence-corrected chi connectivity index (χ2v) is 8.86. The summed E-state index contributed by atoms with van der Waals surface area (Å²) in [5.41, 5.74) is 1.27. The summed E-state index contributed by atoms with van der Waals surface area (Å²) in [4.78, 5) is 40.2. The Morgan fingerprint density at radius 2 is 1.64 bits per heavy atom. The summed E-state index contributed by atoms with van der Waals surface area (Å²) in [5, 5.41) is 8.64. The number of nitrogens with zero attached hydrogens (tertiary/aromatic N) is 3. The summed E-state index contributed by atoms with van der Waals surface area (Å²) in [5.74, 6) is -0.130. The lowest BCUT2D eigenvalue weighted by atomic mass is 10.0. The van der Waals surface area contributed by atoms with Crippen LogP contribution in [0, 0.1) is 0 Å². The highest BCUT2D eigenvalue weighted by molar-refractivity contribution is 6.04. The molecule has 0 bridgehead atoms. The summed E-state index contributed by atoms with van der Waals surface area (Å²) >= 11 is 0. The minimum atomic E-state index is -0.186. The van der Waals surface area contributed by atoms with Gasteiger partial charge in [0.1, 0.15) is 0 Å². The number of rotatable bonds is 6. The van der Waals surface area contributed by atoms with Gasteiger partial charge in [0.15, 0.2) is 5.69 Å². The van der Waals surface area contributed by atoms with Gasteiger partial charge in [-0.15, -0.1) is 0 Å². The molecule has 1 aromatic heterocycles. The smallest absolute Gasteiger partial charge is 0.274 e. The first kappa shape index (κ1) is 22.7. The lowest BCUT2D eigenvalue weighted by Gasteiger charge is -2.32. The van der Waals surface area contributed by atoms with Gasteiger partial charge in [-0.05, 0) is 44.7 Å². The van der Waals surface area contributed by atoms with Gasteiger partial charge in [-0.3, -0.25) is 14.4 Å². The normalized spacial score (nSPS) is 14.6. The Hall–Kier alpha value is -3.48. The van der Waals surface area contributed by atoms with E-state index in [-0.39, 0.29) is 29.5 Å². The maximum absolute atomic E-state index is 13.3. The van der Waals surface area contributed by atoms with E-state index in [2.05, 4.69) is 10.4 Å². The molecule has 0 unspecified atom stereocenters. The van der Waals surface area contributed by atoms with Gasteiger partial charge in [-0.1, -0.05) is 48.5 Å². The van der Waals surface area contributed by atoms with Gasteiger partial charge < -0.3 is 10.2 Å². The monoisotopic (exact) mass is 446 g/mol. The summed E-state index contributed by atoms with van der Waals surface area (Å²) in [6, 6.07) is 17.0. The van der Waals surface area contributed by atoms with E-state index in [0.29, 0.717) is 55.2 Å². The molecule has 3 aromatic rings. The second kappa shape index (κ2) is 9.98. The predicted octanol–water partition coefficient (Wildman–Crippen LogP) is 3.33. The first-order chi connectivity index (χ1) is 15.9. The Bertz CT molecular complexity index is 1200. The lowest BCUT2D eigenvalue weighted by molar-refractivity contribution is -0.122. The zero-order chi connectivity index (χ0) is 23.4. The fourth-order valence-corrected chi connectivity index (χ4v) is 4.29. The predicted molar refractivity (Wildman–Crippen MR) is 128 cm³/mol. The quantitative estimate of drug-likeness (QED) is 0.630. The van der Waals surface area contributed by atoms with Crippen molar-refractivity contribution in [3.05, 3.63) is 76.2 Å². The molecule has 2 aromatic carbocycles. The number of nitrogens with one attached hydrogen (secondary N) is 1. The minimum Gasteiger partial charge on any atom is -0.353 e. The molecular formula is C26H30N4O3. The van der Waals surface area contributed by atoms with Crippen LogP contribution in [0.5, 0.6) is 0 Å². The third-order valence-electron chi connectivity index (χ3n) is 6.15. The zero-order valence-corrected chi connectivity index (χ0v) is 19.2. The first-order valence-corrected chi connectivity index (χ1v) is 11.6. The van der Waals surface area contributed by atoms with Crippen LogP contribution in [-0.2, 0) is 11.2 Å². The van der Waals surface area contributed by atoms with Crippen molar-refractivity contribution in [2.24, 2.45) is 0 Å². The number of carbonyl (C=O) groups is 2. The Balaban J connectivity index is 1.40. The Morgan fingerprint density at radius 1 is 1.00 bits per heavy atom. The topological polar surface area (TPSA) is 84.3 Å². The molecule has 4 rings (SSSR count). The van der Waals surface area contributed by atoms with Crippen LogP contribution in [0.25, 0.3) is 10.8 Å². The maximum atomic E-state index is 13.3. The number of likely N-dealkylation sites (tertiary alicyclic amines) is 1. The number of hydrogen-bond donors (Lipinski definition) is 1. The molecule has 1 N–H and O–H groups in total. The van der Waals surface area contributed by atoms with E-state index in [0.717, 1.165) is 5.56 Å². The molecule has 0 atom stereocenters. The Labute approximate surface area is 193 Å².